The smallest absolute Gasteiger partial charge is 0.333 e. The molecule has 6 aliphatic carbocycles. The highest BCUT2D eigenvalue weighted by atomic mass is 16.5. The van der Waals surface area contributed by atoms with Crippen LogP contribution in [0.5, 0.6) is 0 Å². The van der Waals surface area contributed by atoms with Gasteiger partial charge in [0.1, 0.15) is 0 Å². The van der Waals surface area contributed by atoms with Crippen molar-refractivity contribution in [1.29, 1.82) is 0 Å². The maximum atomic E-state index is 11.9. The molecule has 6 bridgehead atoms. The Bertz CT molecular complexity index is 652. The maximum Gasteiger partial charge on any atom is 0.333 e. The van der Waals surface area contributed by atoms with E-state index >= 15 is 0 Å². The quantitative estimate of drug-likeness (QED) is 0.423. The van der Waals surface area contributed by atoms with Crippen LogP contribution in [0, 0.1) is 64.6 Å². The Morgan fingerprint density at radius 1 is 1.00 bits per heavy atom. The van der Waals surface area contributed by atoms with Crippen molar-refractivity contribution in [2.75, 3.05) is 6.61 Å². The summed E-state index contributed by atoms with van der Waals surface area (Å²) in [6, 6.07) is 0. The van der Waals surface area contributed by atoms with E-state index in [1.807, 2.05) is 0 Å². The van der Waals surface area contributed by atoms with Crippen LogP contribution in [-0.4, -0.2) is 12.6 Å². The fourth-order valence-corrected chi connectivity index (χ4v) is 9.79. The molecule has 11 atom stereocenters. The Labute approximate surface area is 151 Å². The molecule has 6 saturated carbocycles. The molecule has 0 N–H and O–H groups in total. The lowest BCUT2D eigenvalue weighted by molar-refractivity contribution is -0.145. The number of hydrogen-bond donors (Lipinski definition) is 0. The molecule has 0 aromatic rings. The van der Waals surface area contributed by atoms with Crippen LogP contribution in [0.15, 0.2) is 12.2 Å². The first-order valence-electron chi connectivity index (χ1n) is 10.8. The molecule has 0 amide bonds. The first kappa shape index (κ1) is 15.3. The number of fused-ring (bicyclic) bond motifs is 16. The van der Waals surface area contributed by atoms with E-state index < -0.39 is 0 Å². The van der Waals surface area contributed by atoms with Gasteiger partial charge in [-0.1, -0.05) is 13.5 Å². The topological polar surface area (TPSA) is 26.3 Å². The molecular formula is C23H32O2. The highest BCUT2D eigenvalue weighted by Crippen LogP contribution is 2.78. The fraction of sp³-hybridized carbons (Fsp3) is 0.870. The SMILES string of the molecule is C=C(C)C(=O)OCC1(C)CC2CC1C1C3CC(C4C5CCC(C5)C34)C21. The van der Waals surface area contributed by atoms with Crippen molar-refractivity contribution >= 4 is 5.97 Å². The zero-order valence-electron chi connectivity index (χ0n) is 15.7. The molecule has 6 fully saturated rings. The summed E-state index contributed by atoms with van der Waals surface area (Å²) < 4.78 is 5.67. The summed E-state index contributed by atoms with van der Waals surface area (Å²) in [5.41, 5.74) is 0.767. The second-order valence-electron chi connectivity index (χ2n) is 11.0. The van der Waals surface area contributed by atoms with Gasteiger partial charge in [-0.2, -0.15) is 0 Å². The van der Waals surface area contributed by atoms with Gasteiger partial charge in [0.05, 0.1) is 6.61 Å². The number of carbonyl (C=O) groups excluding carboxylic acids is 1. The van der Waals surface area contributed by atoms with Crippen molar-refractivity contribution in [2.45, 2.75) is 52.4 Å². The maximum absolute atomic E-state index is 11.9. The molecule has 11 unspecified atom stereocenters. The average molecular weight is 341 g/mol. The van der Waals surface area contributed by atoms with Crippen LogP contribution in [0.4, 0.5) is 0 Å². The average Bonchev–Trinajstić information content (AvgIpc) is 3.36. The van der Waals surface area contributed by atoms with E-state index in [1.54, 1.807) is 26.2 Å². The lowest BCUT2D eigenvalue weighted by Crippen LogP contribution is -2.46. The molecule has 0 saturated heterocycles. The Morgan fingerprint density at radius 2 is 1.64 bits per heavy atom. The Morgan fingerprint density at radius 3 is 2.32 bits per heavy atom. The summed E-state index contributed by atoms with van der Waals surface area (Å²) in [6.45, 7) is 8.54. The molecule has 25 heavy (non-hydrogen) atoms. The van der Waals surface area contributed by atoms with E-state index in [1.165, 1.54) is 19.3 Å². The minimum absolute atomic E-state index is 0.193. The van der Waals surface area contributed by atoms with E-state index in [4.69, 9.17) is 4.74 Å². The first-order chi connectivity index (χ1) is 12.0. The predicted octanol–water partition coefficient (Wildman–Crippen LogP) is 4.70. The van der Waals surface area contributed by atoms with Gasteiger partial charge in [-0.05, 0) is 105 Å². The number of carbonyl (C=O) groups is 1. The van der Waals surface area contributed by atoms with Crippen LogP contribution in [-0.2, 0) is 9.53 Å². The van der Waals surface area contributed by atoms with Crippen LogP contribution >= 0.6 is 0 Å². The highest BCUT2D eigenvalue weighted by molar-refractivity contribution is 5.86. The van der Waals surface area contributed by atoms with Gasteiger partial charge >= 0.3 is 5.97 Å². The summed E-state index contributed by atoms with van der Waals surface area (Å²) in [5.74, 6) is 10.1. The van der Waals surface area contributed by atoms with Crippen LogP contribution in [0.1, 0.15) is 52.4 Å². The molecular weight excluding hydrogens is 308 g/mol. The molecule has 0 radical (unpaired) electrons. The van der Waals surface area contributed by atoms with Crippen molar-refractivity contribution in [3.8, 4) is 0 Å². The summed E-state index contributed by atoms with van der Waals surface area (Å²) in [7, 11) is 0. The Hall–Kier alpha value is -0.790. The summed E-state index contributed by atoms with van der Waals surface area (Å²) >= 11 is 0. The zero-order chi connectivity index (χ0) is 17.1. The molecule has 0 aromatic heterocycles. The van der Waals surface area contributed by atoms with Gasteiger partial charge in [-0.15, -0.1) is 0 Å². The largest absolute Gasteiger partial charge is 0.462 e. The van der Waals surface area contributed by atoms with E-state index in [0.29, 0.717) is 12.2 Å². The van der Waals surface area contributed by atoms with Crippen molar-refractivity contribution in [3.63, 3.8) is 0 Å². The molecule has 136 valence electrons. The fourth-order valence-electron chi connectivity index (χ4n) is 9.79. The molecule has 6 rings (SSSR count). The van der Waals surface area contributed by atoms with Gasteiger partial charge in [-0.3, -0.25) is 0 Å². The number of rotatable bonds is 3. The van der Waals surface area contributed by atoms with E-state index in [0.717, 1.165) is 59.2 Å². The Kier molecular flexibility index (Phi) is 2.89. The first-order valence-corrected chi connectivity index (χ1v) is 10.8. The summed E-state index contributed by atoms with van der Waals surface area (Å²) in [6.07, 6.45) is 8.95. The van der Waals surface area contributed by atoms with Crippen LogP contribution < -0.4 is 0 Å². The van der Waals surface area contributed by atoms with Crippen molar-refractivity contribution < 1.29 is 9.53 Å². The lowest BCUT2D eigenvalue weighted by Gasteiger charge is -2.49. The third-order valence-corrected chi connectivity index (χ3v) is 10.1. The normalized spacial score (nSPS) is 59.3. The van der Waals surface area contributed by atoms with Crippen LogP contribution in [0.3, 0.4) is 0 Å². The third kappa shape index (κ3) is 1.75. The Balaban J connectivity index is 1.25. The highest BCUT2D eigenvalue weighted by Gasteiger charge is 2.73. The number of esters is 1. The minimum Gasteiger partial charge on any atom is -0.462 e. The lowest BCUT2D eigenvalue weighted by atomic mass is 9.56. The van der Waals surface area contributed by atoms with Gasteiger partial charge in [0.15, 0.2) is 0 Å². The zero-order valence-corrected chi connectivity index (χ0v) is 15.7. The molecule has 6 aliphatic rings. The van der Waals surface area contributed by atoms with Gasteiger partial charge in [0, 0.05) is 11.0 Å². The second kappa shape index (κ2) is 4.73. The van der Waals surface area contributed by atoms with Crippen molar-refractivity contribution in [2.24, 2.45) is 64.6 Å². The summed E-state index contributed by atoms with van der Waals surface area (Å²) in [4.78, 5) is 11.9. The molecule has 0 heterocycles. The van der Waals surface area contributed by atoms with E-state index in [-0.39, 0.29) is 11.4 Å². The molecule has 0 spiro atoms. The van der Waals surface area contributed by atoms with Gasteiger partial charge in [0.2, 0.25) is 0 Å². The standard InChI is InChI=1S/C23H32O2/c1-11(2)22(24)25-10-23(3)9-14-7-17(23)21-16-8-15(20(14)21)18-12-4-5-13(6-12)19(16)18/h12-21H,1,4-10H2,2-3H3. The summed E-state index contributed by atoms with van der Waals surface area (Å²) in [5, 5.41) is 0. The minimum atomic E-state index is -0.193. The second-order valence-corrected chi connectivity index (χ2v) is 11.0. The van der Waals surface area contributed by atoms with Gasteiger partial charge in [0.25, 0.3) is 0 Å². The predicted molar refractivity (Wildman–Crippen MR) is 96.5 cm³/mol. The van der Waals surface area contributed by atoms with E-state index in [9.17, 15) is 4.79 Å². The molecule has 0 aromatic carbocycles. The van der Waals surface area contributed by atoms with Crippen molar-refractivity contribution in [3.05, 3.63) is 12.2 Å². The molecule has 2 nitrogen and oxygen atoms in total. The van der Waals surface area contributed by atoms with Crippen molar-refractivity contribution in [1.82, 2.24) is 0 Å². The molecule has 0 aliphatic heterocycles. The van der Waals surface area contributed by atoms with Gasteiger partial charge < -0.3 is 4.74 Å². The van der Waals surface area contributed by atoms with Crippen LogP contribution in [0.2, 0.25) is 0 Å². The number of ether oxygens (including phenoxy) is 1. The van der Waals surface area contributed by atoms with E-state index in [2.05, 4.69) is 13.5 Å². The molecule has 2 heteroatoms. The third-order valence-electron chi connectivity index (χ3n) is 10.1. The van der Waals surface area contributed by atoms with Gasteiger partial charge in [-0.25, -0.2) is 4.79 Å². The van der Waals surface area contributed by atoms with Crippen LogP contribution in [0.25, 0.3) is 0 Å². The monoisotopic (exact) mass is 340 g/mol. The number of hydrogen-bond acceptors (Lipinski definition) is 2.